The van der Waals surface area contributed by atoms with Gasteiger partial charge < -0.3 is 10.1 Å². The van der Waals surface area contributed by atoms with Crippen molar-refractivity contribution >= 4 is 6.29 Å². The van der Waals surface area contributed by atoms with Crippen LogP contribution in [0.3, 0.4) is 0 Å². The van der Waals surface area contributed by atoms with Crippen molar-refractivity contribution in [3.05, 3.63) is 0 Å². The van der Waals surface area contributed by atoms with Crippen molar-refractivity contribution in [1.29, 1.82) is 0 Å². The molecule has 0 aromatic carbocycles. The fraction of sp³-hybridized carbons (Fsp3) is 0.889. The molecule has 1 fully saturated rings. The summed E-state index contributed by atoms with van der Waals surface area (Å²) in [6, 6.07) is 0. The molecule has 0 unspecified atom stereocenters. The highest BCUT2D eigenvalue weighted by molar-refractivity contribution is 5.51. The first-order valence-corrected chi connectivity index (χ1v) is 4.31. The monoisotopic (exact) mass is 155 g/mol. The molecule has 0 atom stereocenters. The molecule has 0 bridgehead atoms. The van der Waals surface area contributed by atoms with Crippen LogP contribution in [0.1, 0.15) is 26.2 Å². The fourth-order valence-electron chi connectivity index (χ4n) is 2.35. The van der Waals surface area contributed by atoms with Crippen molar-refractivity contribution in [3.63, 3.8) is 0 Å². The van der Waals surface area contributed by atoms with Gasteiger partial charge in [-0.1, -0.05) is 6.92 Å². The van der Waals surface area contributed by atoms with Crippen LogP contribution in [0.2, 0.25) is 0 Å². The van der Waals surface area contributed by atoms with Gasteiger partial charge in [0, 0.05) is 13.0 Å². The first kappa shape index (κ1) is 8.72. The van der Waals surface area contributed by atoms with Crippen LogP contribution in [-0.4, -0.2) is 19.9 Å². The third-order valence-corrected chi connectivity index (χ3v) is 2.63. The van der Waals surface area contributed by atoms with E-state index in [9.17, 15) is 4.79 Å². The van der Waals surface area contributed by atoms with Crippen molar-refractivity contribution < 1.29 is 4.79 Å². The lowest BCUT2D eigenvalue weighted by atomic mass is 9.61. The second-order valence-electron chi connectivity index (χ2n) is 3.91. The van der Waals surface area contributed by atoms with E-state index in [0.717, 1.165) is 25.2 Å². The quantitative estimate of drug-likeness (QED) is 0.618. The van der Waals surface area contributed by atoms with Gasteiger partial charge in [0.05, 0.1) is 0 Å². The fourth-order valence-corrected chi connectivity index (χ4v) is 2.35. The van der Waals surface area contributed by atoms with Crippen LogP contribution in [0.4, 0.5) is 0 Å². The molecule has 0 heterocycles. The SMILES string of the molecule is CNCC1(CC=O)CC(C)C1. The Morgan fingerprint density at radius 3 is 2.64 bits per heavy atom. The third-order valence-electron chi connectivity index (χ3n) is 2.63. The van der Waals surface area contributed by atoms with E-state index >= 15 is 0 Å². The van der Waals surface area contributed by atoms with E-state index in [2.05, 4.69) is 12.2 Å². The Labute approximate surface area is 68.4 Å². The average Bonchev–Trinajstić information content (AvgIpc) is 1.86. The number of nitrogens with one attached hydrogen (secondary N) is 1. The highest BCUT2D eigenvalue weighted by Crippen LogP contribution is 2.46. The van der Waals surface area contributed by atoms with E-state index in [-0.39, 0.29) is 0 Å². The van der Waals surface area contributed by atoms with Gasteiger partial charge in [-0.05, 0) is 31.2 Å². The lowest BCUT2D eigenvalue weighted by molar-refractivity contribution is -0.112. The Bertz CT molecular complexity index is 133. The molecule has 0 aromatic heterocycles. The molecule has 64 valence electrons. The first-order chi connectivity index (χ1) is 5.22. The van der Waals surface area contributed by atoms with Gasteiger partial charge >= 0.3 is 0 Å². The molecule has 1 aliphatic carbocycles. The molecule has 0 aliphatic heterocycles. The Kier molecular flexibility index (Phi) is 2.66. The van der Waals surface area contributed by atoms with E-state index in [0.29, 0.717) is 5.41 Å². The molecule has 0 spiro atoms. The summed E-state index contributed by atoms with van der Waals surface area (Å²) >= 11 is 0. The van der Waals surface area contributed by atoms with E-state index in [4.69, 9.17) is 0 Å². The molecule has 1 N–H and O–H groups in total. The van der Waals surface area contributed by atoms with Gasteiger partial charge in [0.25, 0.3) is 0 Å². The summed E-state index contributed by atoms with van der Waals surface area (Å²) in [7, 11) is 1.95. The minimum atomic E-state index is 0.315. The van der Waals surface area contributed by atoms with Crippen LogP contribution in [0.5, 0.6) is 0 Å². The number of hydrogen-bond acceptors (Lipinski definition) is 2. The zero-order valence-corrected chi connectivity index (χ0v) is 7.39. The summed E-state index contributed by atoms with van der Waals surface area (Å²) < 4.78 is 0. The summed E-state index contributed by atoms with van der Waals surface area (Å²) in [4.78, 5) is 10.4. The summed E-state index contributed by atoms with van der Waals surface area (Å²) in [5.41, 5.74) is 0.315. The predicted molar refractivity (Wildman–Crippen MR) is 45.4 cm³/mol. The molecule has 2 heteroatoms. The summed E-state index contributed by atoms with van der Waals surface area (Å²) in [6.45, 7) is 3.24. The molecule has 1 rings (SSSR count). The standard InChI is InChI=1S/C9H17NO/c1-8-5-9(6-8,3-4-11)7-10-2/h4,8,10H,3,5-7H2,1-2H3. The zero-order chi connectivity index (χ0) is 8.32. The highest BCUT2D eigenvalue weighted by Gasteiger charge is 2.40. The normalized spacial score (nSPS) is 36.4. The van der Waals surface area contributed by atoms with E-state index < -0.39 is 0 Å². The maximum Gasteiger partial charge on any atom is 0.120 e. The van der Waals surface area contributed by atoms with Gasteiger partial charge in [-0.25, -0.2) is 0 Å². The van der Waals surface area contributed by atoms with Crippen molar-refractivity contribution in [1.82, 2.24) is 5.32 Å². The lowest BCUT2D eigenvalue weighted by Gasteiger charge is -2.45. The van der Waals surface area contributed by atoms with Gasteiger partial charge in [0.1, 0.15) is 6.29 Å². The molecule has 1 saturated carbocycles. The van der Waals surface area contributed by atoms with Crippen LogP contribution in [0.15, 0.2) is 0 Å². The van der Waals surface area contributed by atoms with Gasteiger partial charge in [0.15, 0.2) is 0 Å². The van der Waals surface area contributed by atoms with E-state index in [1.807, 2.05) is 7.05 Å². The molecule has 2 nitrogen and oxygen atoms in total. The Morgan fingerprint density at radius 1 is 1.64 bits per heavy atom. The summed E-state index contributed by atoms with van der Waals surface area (Å²) in [5, 5.41) is 3.16. The molecule has 1 aliphatic rings. The van der Waals surface area contributed by atoms with Gasteiger partial charge in [0.2, 0.25) is 0 Å². The van der Waals surface area contributed by atoms with Gasteiger partial charge in [-0.2, -0.15) is 0 Å². The summed E-state index contributed by atoms with van der Waals surface area (Å²) in [6.07, 6.45) is 4.22. The molecule has 0 aromatic rings. The minimum absolute atomic E-state index is 0.315. The second-order valence-corrected chi connectivity index (χ2v) is 3.91. The van der Waals surface area contributed by atoms with Crippen LogP contribution >= 0.6 is 0 Å². The molecule has 0 saturated heterocycles. The first-order valence-electron chi connectivity index (χ1n) is 4.31. The molecule has 11 heavy (non-hydrogen) atoms. The third kappa shape index (κ3) is 1.80. The molecular weight excluding hydrogens is 138 g/mol. The second kappa shape index (κ2) is 3.35. The van der Waals surface area contributed by atoms with Gasteiger partial charge in [-0.15, -0.1) is 0 Å². The van der Waals surface area contributed by atoms with Crippen LogP contribution in [0.25, 0.3) is 0 Å². The Morgan fingerprint density at radius 2 is 2.27 bits per heavy atom. The van der Waals surface area contributed by atoms with Crippen LogP contribution in [-0.2, 0) is 4.79 Å². The van der Waals surface area contributed by atoms with Crippen LogP contribution < -0.4 is 5.32 Å². The molecule has 0 radical (unpaired) electrons. The van der Waals surface area contributed by atoms with Crippen molar-refractivity contribution in [3.8, 4) is 0 Å². The topological polar surface area (TPSA) is 29.1 Å². The highest BCUT2D eigenvalue weighted by atomic mass is 16.1. The largest absolute Gasteiger partial charge is 0.319 e. The number of carbonyl (C=O) groups excluding carboxylic acids is 1. The minimum Gasteiger partial charge on any atom is -0.319 e. The zero-order valence-electron chi connectivity index (χ0n) is 7.39. The average molecular weight is 155 g/mol. The summed E-state index contributed by atoms with van der Waals surface area (Å²) in [5.74, 6) is 0.822. The Balaban J connectivity index is 2.39. The van der Waals surface area contributed by atoms with Crippen molar-refractivity contribution in [2.24, 2.45) is 11.3 Å². The number of carbonyl (C=O) groups is 1. The maximum absolute atomic E-state index is 10.4. The number of aldehydes is 1. The number of hydrogen-bond donors (Lipinski definition) is 1. The predicted octanol–water partition coefficient (Wildman–Crippen LogP) is 1.21. The Hall–Kier alpha value is -0.370. The van der Waals surface area contributed by atoms with Crippen LogP contribution in [0, 0.1) is 11.3 Å². The maximum atomic E-state index is 10.4. The van der Waals surface area contributed by atoms with Crippen molar-refractivity contribution in [2.45, 2.75) is 26.2 Å². The smallest absolute Gasteiger partial charge is 0.120 e. The van der Waals surface area contributed by atoms with E-state index in [1.165, 1.54) is 12.8 Å². The lowest BCUT2D eigenvalue weighted by Crippen LogP contribution is -2.43. The van der Waals surface area contributed by atoms with E-state index in [1.54, 1.807) is 0 Å². The number of rotatable bonds is 4. The molecule has 0 amide bonds. The van der Waals surface area contributed by atoms with Gasteiger partial charge in [-0.3, -0.25) is 0 Å². The van der Waals surface area contributed by atoms with Crippen molar-refractivity contribution in [2.75, 3.05) is 13.6 Å². The molecular formula is C9H17NO.